The van der Waals surface area contributed by atoms with Crippen molar-refractivity contribution < 1.29 is 14.3 Å². The van der Waals surface area contributed by atoms with E-state index in [1.54, 1.807) is 24.1 Å². The first-order valence-corrected chi connectivity index (χ1v) is 9.77. The van der Waals surface area contributed by atoms with E-state index in [2.05, 4.69) is 24.2 Å². The largest absolute Gasteiger partial charge is 0.441 e. The third-order valence-corrected chi connectivity index (χ3v) is 5.82. The Kier molecular flexibility index (Phi) is 4.83. The molecule has 148 valence electrons. The summed E-state index contributed by atoms with van der Waals surface area (Å²) in [6.07, 6.45) is 4.42. The van der Waals surface area contributed by atoms with Gasteiger partial charge >= 0.3 is 6.09 Å². The molecule has 7 heteroatoms. The van der Waals surface area contributed by atoms with Crippen molar-refractivity contribution in [2.24, 2.45) is 7.05 Å². The van der Waals surface area contributed by atoms with Crippen LogP contribution in [0.25, 0.3) is 0 Å². The highest BCUT2D eigenvalue weighted by molar-refractivity contribution is 5.93. The summed E-state index contributed by atoms with van der Waals surface area (Å²) in [5.74, 6) is 0.234. The normalized spacial score (nSPS) is 19.7. The van der Waals surface area contributed by atoms with Gasteiger partial charge in [-0.15, -0.1) is 0 Å². The molecule has 1 atom stereocenters. The Hall–Kier alpha value is -2.83. The van der Waals surface area contributed by atoms with Crippen LogP contribution in [0.1, 0.15) is 41.6 Å². The van der Waals surface area contributed by atoms with Crippen LogP contribution in [0, 0.1) is 0 Å². The van der Waals surface area contributed by atoms with E-state index in [0.717, 1.165) is 0 Å². The van der Waals surface area contributed by atoms with E-state index < -0.39 is 5.60 Å². The fourth-order valence-electron chi connectivity index (χ4n) is 4.14. The van der Waals surface area contributed by atoms with Gasteiger partial charge < -0.3 is 14.5 Å². The molecule has 1 aromatic carbocycles. The van der Waals surface area contributed by atoms with Crippen molar-refractivity contribution in [1.82, 2.24) is 19.6 Å². The summed E-state index contributed by atoms with van der Waals surface area (Å²) in [5.41, 5.74) is 1.34. The van der Waals surface area contributed by atoms with E-state index in [4.69, 9.17) is 4.74 Å². The highest BCUT2D eigenvalue weighted by Gasteiger charge is 2.47. The van der Waals surface area contributed by atoms with Gasteiger partial charge in [0.15, 0.2) is 0 Å². The minimum absolute atomic E-state index is 0.0122. The van der Waals surface area contributed by atoms with Gasteiger partial charge in [-0.2, -0.15) is 5.10 Å². The number of nitrogens with zero attached hydrogens (tertiary/aromatic N) is 4. The summed E-state index contributed by atoms with van der Waals surface area (Å²) in [7, 11) is 1.80. The smallest absolute Gasteiger partial charge is 0.410 e. The topological polar surface area (TPSA) is 67.7 Å². The summed E-state index contributed by atoms with van der Waals surface area (Å²) in [5, 5.41) is 4.07. The standard InChI is InChI=1S/C21H26N4O3/c1-16(17-6-4-3-5-7-17)13-25-15-21(28-20(25)27)8-10-24(11-9-21)19(26)18-12-22-23(2)14-18/h3-7,12,14,16H,8-11,13,15H2,1-2H3/t16-/m1/s1. The molecule has 2 aliphatic rings. The van der Waals surface area contributed by atoms with Gasteiger partial charge in [0.05, 0.1) is 18.3 Å². The van der Waals surface area contributed by atoms with Crippen LogP contribution < -0.4 is 0 Å². The zero-order valence-corrected chi connectivity index (χ0v) is 16.4. The maximum atomic E-state index is 12.6. The molecule has 28 heavy (non-hydrogen) atoms. The van der Waals surface area contributed by atoms with Gasteiger partial charge in [0.2, 0.25) is 0 Å². The molecule has 3 heterocycles. The molecule has 2 fully saturated rings. The van der Waals surface area contributed by atoms with Crippen molar-refractivity contribution >= 4 is 12.0 Å². The molecule has 4 rings (SSSR count). The number of hydrogen-bond acceptors (Lipinski definition) is 4. The first-order valence-electron chi connectivity index (χ1n) is 9.77. The third kappa shape index (κ3) is 3.61. The van der Waals surface area contributed by atoms with Crippen molar-refractivity contribution in [2.75, 3.05) is 26.2 Å². The fraction of sp³-hybridized carbons (Fsp3) is 0.476. The highest BCUT2D eigenvalue weighted by atomic mass is 16.6. The molecule has 7 nitrogen and oxygen atoms in total. The summed E-state index contributed by atoms with van der Waals surface area (Å²) in [6.45, 7) is 4.54. The third-order valence-electron chi connectivity index (χ3n) is 5.82. The molecule has 0 unspecified atom stereocenters. The van der Waals surface area contributed by atoms with Crippen molar-refractivity contribution in [2.45, 2.75) is 31.3 Å². The minimum Gasteiger partial charge on any atom is -0.441 e. The molecule has 0 aliphatic carbocycles. The van der Waals surface area contributed by atoms with E-state index in [1.807, 2.05) is 28.0 Å². The van der Waals surface area contributed by atoms with Gasteiger partial charge in [-0.25, -0.2) is 4.79 Å². The lowest BCUT2D eigenvalue weighted by Crippen LogP contribution is -2.48. The predicted molar refractivity (Wildman–Crippen MR) is 104 cm³/mol. The van der Waals surface area contributed by atoms with Crippen LogP contribution >= 0.6 is 0 Å². The number of likely N-dealkylation sites (tertiary alicyclic amines) is 1. The zero-order valence-electron chi connectivity index (χ0n) is 16.4. The molecule has 1 spiro atoms. The zero-order chi connectivity index (χ0) is 19.7. The monoisotopic (exact) mass is 382 g/mol. The number of ether oxygens (including phenoxy) is 1. The van der Waals surface area contributed by atoms with Gasteiger partial charge in [-0.3, -0.25) is 9.48 Å². The molecular formula is C21H26N4O3. The number of rotatable bonds is 4. The molecular weight excluding hydrogens is 356 g/mol. The second kappa shape index (κ2) is 7.30. The quantitative estimate of drug-likeness (QED) is 0.815. The maximum absolute atomic E-state index is 12.6. The van der Waals surface area contributed by atoms with Crippen LogP contribution in [-0.4, -0.2) is 63.4 Å². The average molecular weight is 382 g/mol. The summed E-state index contributed by atoms with van der Waals surface area (Å²) in [4.78, 5) is 28.7. The van der Waals surface area contributed by atoms with E-state index >= 15 is 0 Å². The highest BCUT2D eigenvalue weighted by Crippen LogP contribution is 2.34. The number of piperidine rings is 1. The van der Waals surface area contributed by atoms with Crippen molar-refractivity contribution in [3.63, 3.8) is 0 Å². The van der Waals surface area contributed by atoms with E-state index in [9.17, 15) is 9.59 Å². The number of aromatic nitrogens is 2. The van der Waals surface area contributed by atoms with Gasteiger partial charge in [0.1, 0.15) is 5.60 Å². The van der Waals surface area contributed by atoms with Gasteiger partial charge in [0, 0.05) is 45.7 Å². The first kappa shape index (κ1) is 18.5. The number of hydrogen-bond donors (Lipinski definition) is 0. The van der Waals surface area contributed by atoms with Crippen LogP contribution in [0.2, 0.25) is 0 Å². The number of aryl methyl sites for hydroxylation is 1. The predicted octanol–water partition coefficient (Wildman–Crippen LogP) is 2.65. The molecule has 0 N–H and O–H groups in total. The van der Waals surface area contributed by atoms with E-state index in [-0.39, 0.29) is 17.9 Å². The number of benzene rings is 1. The molecule has 2 aromatic rings. The first-order chi connectivity index (χ1) is 13.5. The summed E-state index contributed by atoms with van der Waals surface area (Å²) < 4.78 is 7.44. The average Bonchev–Trinajstić information content (AvgIpc) is 3.26. The van der Waals surface area contributed by atoms with Crippen molar-refractivity contribution in [3.05, 3.63) is 53.9 Å². The Morgan fingerprint density at radius 3 is 2.61 bits per heavy atom. The maximum Gasteiger partial charge on any atom is 0.410 e. The Bertz CT molecular complexity index is 856. The Morgan fingerprint density at radius 1 is 1.25 bits per heavy atom. The van der Waals surface area contributed by atoms with Crippen LogP contribution in [0.15, 0.2) is 42.7 Å². The second-order valence-corrected chi connectivity index (χ2v) is 7.94. The lowest BCUT2D eigenvalue weighted by molar-refractivity contribution is 0.00313. The van der Waals surface area contributed by atoms with Crippen LogP contribution in [0.4, 0.5) is 4.79 Å². The van der Waals surface area contributed by atoms with Crippen LogP contribution in [-0.2, 0) is 11.8 Å². The molecule has 2 saturated heterocycles. The van der Waals surface area contributed by atoms with Crippen molar-refractivity contribution in [1.29, 1.82) is 0 Å². The Balaban J connectivity index is 1.36. The Morgan fingerprint density at radius 2 is 1.96 bits per heavy atom. The fourth-order valence-corrected chi connectivity index (χ4v) is 4.14. The molecule has 2 amide bonds. The Labute approximate surface area is 164 Å². The summed E-state index contributed by atoms with van der Waals surface area (Å²) >= 11 is 0. The van der Waals surface area contributed by atoms with E-state index in [0.29, 0.717) is 44.6 Å². The van der Waals surface area contributed by atoms with Crippen LogP contribution in [0.5, 0.6) is 0 Å². The van der Waals surface area contributed by atoms with E-state index in [1.165, 1.54) is 5.56 Å². The molecule has 1 aromatic heterocycles. The molecule has 0 saturated carbocycles. The lowest BCUT2D eigenvalue weighted by Gasteiger charge is -2.37. The number of carbonyl (C=O) groups excluding carboxylic acids is 2. The number of amides is 2. The minimum atomic E-state index is -0.473. The summed E-state index contributed by atoms with van der Waals surface area (Å²) in [6, 6.07) is 10.2. The molecule has 0 radical (unpaired) electrons. The van der Waals surface area contributed by atoms with Gasteiger partial charge in [0.25, 0.3) is 5.91 Å². The SMILES string of the molecule is C[C@H](CN1CC2(CCN(C(=O)c3cnn(C)c3)CC2)OC1=O)c1ccccc1. The second-order valence-electron chi connectivity index (χ2n) is 7.94. The van der Waals surface area contributed by atoms with Gasteiger partial charge in [-0.1, -0.05) is 37.3 Å². The number of carbonyl (C=O) groups is 2. The van der Waals surface area contributed by atoms with Gasteiger partial charge in [-0.05, 0) is 11.5 Å². The molecule has 2 aliphatic heterocycles. The van der Waals surface area contributed by atoms with Crippen LogP contribution in [0.3, 0.4) is 0 Å². The molecule has 0 bridgehead atoms. The lowest BCUT2D eigenvalue weighted by atomic mass is 9.90. The van der Waals surface area contributed by atoms with Crippen molar-refractivity contribution in [3.8, 4) is 0 Å².